The van der Waals surface area contributed by atoms with Crippen molar-refractivity contribution < 1.29 is 20.0 Å². The Morgan fingerprint density at radius 3 is 2.64 bits per heavy atom. The Balaban J connectivity index is 2.60. The van der Waals surface area contributed by atoms with E-state index in [2.05, 4.69) is 19.2 Å². The number of hydrogen-bond donors (Lipinski definition) is 2. The second kappa shape index (κ2) is 11.2. The van der Waals surface area contributed by atoms with Gasteiger partial charge in [-0.2, -0.15) is 5.26 Å². The van der Waals surface area contributed by atoms with Gasteiger partial charge >= 0.3 is 0 Å². The van der Waals surface area contributed by atoms with Crippen molar-refractivity contribution >= 4 is 17.6 Å². The van der Waals surface area contributed by atoms with Gasteiger partial charge in [-0.25, -0.2) is 0 Å². The first kappa shape index (κ1) is 20.7. The van der Waals surface area contributed by atoms with E-state index in [0.29, 0.717) is 23.7 Å². The fourth-order valence-corrected chi connectivity index (χ4v) is 2.69. The Bertz CT molecular complexity index is 610. The molecule has 0 aromatic heterocycles. The number of amides is 1. The number of anilines is 1. The van der Waals surface area contributed by atoms with Crippen molar-refractivity contribution in [3.8, 4) is 6.07 Å². The average Bonchev–Trinajstić information content (AvgIpc) is 2.61. The fraction of sp³-hybridized carbons (Fsp3) is 0.526. The number of carboxylic acid groups (broad SMARTS) is 1. The van der Waals surface area contributed by atoms with Gasteiger partial charge in [0.2, 0.25) is 5.91 Å². The number of carbonyl (C=O) groups is 2. The first-order chi connectivity index (χ1) is 12.0. The van der Waals surface area contributed by atoms with Gasteiger partial charge in [0.25, 0.3) is 0 Å². The van der Waals surface area contributed by atoms with Crippen LogP contribution in [-0.4, -0.2) is 24.5 Å². The molecule has 136 valence electrons. The first-order valence-electron chi connectivity index (χ1n) is 8.84. The molecule has 0 unspecified atom stereocenters. The van der Waals surface area contributed by atoms with Gasteiger partial charge in [-0.1, -0.05) is 38.8 Å². The number of nitrogens with zero attached hydrogens (tertiary/aromatic N) is 1. The molecule has 2 atom stereocenters. The molecule has 0 fully saturated rings. The highest BCUT2D eigenvalue weighted by Gasteiger charge is 2.20. The van der Waals surface area contributed by atoms with Crippen LogP contribution in [0, 0.1) is 17.2 Å². The van der Waals surface area contributed by atoms with Crippen molar-refractivity contribution in [1.82, 2.24) is 0 Å². The Morgan fingerprint density at radius 2 is 2.04 bits per heavy atom. The number of hydrogen-bond acceptors (Lipinski definition) is 4. The molecule has 0 bridgehead atoms. The van der Waals surface area contributed by atoms with E-state index >= 15 is 0 Å². The highest BCUT2D eigenvalue weighted by atomic mass is 16.4. The molecule has 6 heteroatoms. The number of nitrogens with one attached hydrogen (secondary N) is 1. The number of nitriles is 1. The van der Waals surface area contributed by atoms with Crippen molar-refractivity contribution in [1.29, 1.82) is 5.26 Å². The summed E-state index contributed by atoms with van der Waals surface area (Å²) in [7, 11) is 0. The van der Waals surface area contributed by atoms with E-state index < -0.39 is 17.9 Å². The summed E-state index contributed by atoms with van der Waals surface area (Å²) in [6, 6.07) is 7.69. The average molecular weight is 345 g/mol. The molecule has 3 N–H and O–H groups in total. The lowest BCUT2D eigenvalue weighted by atomic mass is 9.99. The Labute approximate surface area is 149 Å². The van der Waals surface area contributed by atoms with Crippen LogP contribution in [0.3, 0.4) is 0 Å². The maximum atomic E-state index is 12.2. The van der Waals surface area contributed by atoms with Crippen LogP contribution in [-0.2, 0) is 9.59 Å². The Morgan fingerprint density at radius 1 is 1.32 bits per heavy atom. The first-order valence-corrected chi connectivity index (χ1v) is 8.84. The van der Waals surface area contributed by atoms with E-state index in [1.807, 2.05) is 6.07 Å². The van der Waals surface area contributed by atoms with Crippen molar-refractivity contribution in [2.24, 2.45) is 5.92 Å². The van der Waals surface area contributed by atoms with Gasteiger partial charge in [0, 0.05) is 5.92 Å². The number of unbranched alkanes of at least 4 members (excludes halogenated alkanes) is 1. The molecular weight excluding hydrogens is 318 g/mol. The topological polar surface area (TPSA) is 110 Å². The van der Waals surface area contributed by atoms with Crippen LogP contribution in [0.1, 0.15) is 51.5 Å². The molecule has 25 heavy (non-hydrogen) atoms. The number of benzene rings is 1. The lowest BCUT2D eigenvalue weighted by molar-refractivity contribution is -0.687. The quantitative estimate of drug-likeness (QED) is 0.617. The third-order valence-corrected chi connectivity index (χ3v) is 4.33. The van der Waals surface area contributed by atoms with Gasteiger partial charge < -0.3 is 20.5 Å². The maximum Gasteiger partial charge on any atom is 0.230 e. The summed E-state index contributed by atoms with van der Waals surface area (Å²) in [6.07, 6.45) is 4.09. The van der Waals surface area contributed by atoms with Crippen molar-refractivity contribution in [3.63, 3.8) is 0 Å². The highest BCUT2D eigenvalue weighted by molar-refractivity contribution is 5.94. The van der Waals surface area contributed by atoms with Crippen LogP contribution < -0.4 is 15.7 Å². The molecule has 6 nitrogen and oxygen atoms in total. The van der Waals surface area contributed by atoms with E-state index in [1.165, 1.54) is 0 Å². The minimum atomic E-state index is -1.24. The second-order valence-electron chi connectivity index (χ2n) is 6.22. The molecule has 0 radical (unpaired) electrons. The van der Waals surface area contributed by atoms with Crippen molar-refractivity contribution in [3.05, 3.63) is 29.8 Å². The zero-order chi connectivity index (χ0) is 18.7. The fourth-order valence-electron chi connectivity index (χ4n) is 2.69. The lowest BCUT2D eigenvalue weighted by Gasteiger charge is -2.20. The molecule has 0 aliphatic heterocycles. The SMILES string of the molecule is CCCC[C@@H](CC)C[NH2+][C@H](CC(=O)Nc1ccccc1C#N)C(=O)[O-]. The van der Waals surface area contributed by atoms with Gasteiger partial charge in [0.05, 0.1) is 30.2 Å². The molecule has 0 spiro atoms. The minimum absolute atomic E-state index is 0.188. The molecule has 0 saturated carbocycles. The number of para-hydroxylation sites is 1. The largest absolute Gasteiger partial charge is 0.544 e. The number of aliphatic carboxylic acids is 1. The van der Waals surface area contributed by atoms with E-state index in [9.17, 15) is 14.7 Å². The minimum Gasteiger partial charge on any atom is -0.544 e. The predicted octanol–water partition coefficient (Wildman–Crippen LogP) is 0.785. The molecule has 1 aromatic rings. The Hall–Kier alpha value is -2.39. The molecule has 1 aromatic carbocycles. The third-order valence-electron chi connectivity index (χ3n) is 4.33. The molecule has 0 saturated heterocycles. The highest BCUT2D eigenvalue weighted by Crippen LogP contribution is 2.14. The van der Waals surface area contributed by atoms with E-state index in [-0.39, 0.29) is 6.42 Å². The van der Waals surface area contributed by atoms with Gasteiger partial charge in [-0.05, 0) is 25.0 Å². The number of rotatable bonds is 11. The summed E-state index contributed by atoms with van der Waals surface area (Å²) in [6.45, 7) is 4.88. The van der Waals surface area contributed by atoms with Gasteiger partial charge in [0.15, 0.2) is 0 Å². The van der Waals surface area contributed by atoms with Gasteiger partial charge in [-0.3, -0.25) is 4.79 Å². The van der Waals surface area contributed by atoms with Gasteiger partial charge in [-0.15, -0.1) is 0 Å². The number of nitrogens with two attached hydrogens (primary N) is 1. The Kier molecular flexibility index (Phi) is 9.26. The van der Waals surface area contributed by atoms with Crippen LogP contribution >= 0.6 is 0 Å². The monoisotopic (exact) mass is 345 g/mol. The summed E-state index contributed by atoms with van der Waals surface area (Å²) in [5, 5.41) is 24.7. The lowest BCUT2D eigenvalue weighted by Crippen LogP contribution is -2.94. The van der Waals surface area contributed by atoms with Crippen LogP contribution in [0.2, 0.25) is 0 Å². The summed E-state index contributed by atoms with van der Waals surface area (Å²) in [5.41, 5.74) is 0.733. The zero-order valence-electron chi connectivity index (χ0n) is 15.0. The van der Waals surface area contributed by atoms with Gasteiger partial charge in [0.1, 0.15) is 12.1 Å². The molecule has 0 aliphatic rings. The summed E-state index contributed by atoms with van der Waals surface area (Å²) in [5.74, 6) is -1.24. The standard InChI is InChI=1S/C19H27N3O3/c1-3-5-8-14(4-2)13-21-17(19(24)25)11-18(23)22-16-10-7-6-9-15(16)12-20/h6-7,9-10,14,17,21H,3-5,8,11,13H2,1-2H3,(H,22,23)(H,24,25)/t14-,17-/m1/s1. The molecular formula is C19H27N3O3. The van der Waals surface area contributed by atoms with Crippen LogP contribution in [0.4, 0.5) is 5.69 Å². The molecule has 1 rings (SSSR count). The van der Waals surface area contributed by atoms with E-state index in [1.54, 1.807) is 29.6 Å². The maximum absolute atomic E-state index is 12.2. The summed E-state index contributed by atoms with van der Waals surface area (Å²) >= 11 is 0. The van der Waals surface area contributed by atoms with Crippen LogP contribution in [0.25, 0.3) is 0 Å². The molecule has 0 aliphatic carbocycles. The predicted molar refractivity (Wildman–Crippen MR) is 93.3 cm³/mol. The third kappa shape index (κ3) is 7.36. The van der Waals surface area contributed by atoms with Crippen molar-refractivity contribution in [2.45, 2.75) is 52.0 Å². The molecule has 1 amide bonds. The second-order valence-corrected chi connectivity index (χ2v) is 6.22. The smallest absolute Gasteiger partial charge is 0.230 e. The molecule has 0 heterocycles. The van der Waals surface area contributed by atoms with E-state index in [0.717, 1.165) is 25.7 Å². The number of quaternary nitrogens is 1. The van der Waals surface area contributed by atoms with Crippen LogP contribution in [0.5, 0.6) is 0 Å². The zero-order valence-corrected chi connectivity index (χ0v) is 15.0. The van der Waals surface area contributed by atoms with Crippen molar-refractivity contribution in [2.75, 3.05) is 11.9 Å². The number of carbonyl (C=O) groups excluding carboxylic acids is 2. The number of carboxylic acids is 1. The van der Waals surface area contributed by atoms with E-state index in [4.69, 9.17) is 5.26 Å². The summed E-state index contributed by atoms with van der Waals surface area (Å²) < 4.78 is 0. The summed E-state index contributed by atoms with van der Waals surface area (Å²) in [4.78, 5) is 23.5. The van der Waals surface area contributed by atoms with Crippen LogP contribution in [0.15, 0.2) is 24.3 Å². The normalized spacial score (nSPS) is 12.8.